The van der Waals surface area contributed by atoms with Crippen LogP contribution < -0.4 is 10.2 Å². The van der Waals surface area contributed by atoms with Gasteiger partial charge in [0.1, 0.15) is 6.54 Å². The summed E-state index contributed by atoms with van der Waals surface area (Å²) in [5.74, 6) is -0.0856. The molecule has 0 aliphatic rings. The molecule has 2 rings (SSSR count). The average Bonchev–Trinajstić information content (AvgIpc) is 2.51. The highest BCUT2D eigenvalue weighted by molar-refractivity contribution is 6.35. The second-order valence-electron chi connectivity index (χ2n) is 5.34. The van der Waals surface area contributed by atoms with Gasteiger partial charge in [0.15, 0.2) is 6.04 Å². The van der Waals surface area contributed by atoms with Gasteiger partial charge in [-0.15, -0.1) is 0 Å². The van der Waals surface area contributed by atoms with Crippen molar-refractivity contribution in [1.82, 2.24) is 0 Å². The molecule has 116 valence electrons. The van der Waals surface area contributed by atoms with E-state index in [1.807, 2.05) is 32.2 Å². The standard InChI is InChI=1S/C17H18Cl2N2O/c1-12(21(2)11-13-6-4-3-5-7-13)17(22)20-16-10-14(18)8-9-15(16)19/h3-10,12H,11H2,1-2H3,(H,20,22)/p+1/t12-/m1/s1. The molecule has 22 heavy (non-hydrogen) atoms. The second-order valence-corrected chi connectivity index (χ2v) is 6.19. The molecule has 3 nitrogen and oxygen atoms in total. The summed E-state index contributed by atoms with van der Waals surface area (Å²) in [5.41, 5.74) is 1.74. The number of carbonyl (C=O) groups is 1. The molecule has 5 heteroatoms. The Morgan fingerprint density at radius 3 is 2.55 bits per heavy atom. The Bertz CT molecular complexity index is 646. The first-order chi connectivity index (χ1) is 10.5. The molecule has 0 saturated carbocycles. The molecule has 1 unspecified atom stereocenters. The number of quaternary nitrogens is 1. The van der Waals surface area contributed by atoms with Crippen molar-refractivity contribution in [3.05, 3.63) is 64.1 Å². The fraction of sp³-hybridized carbons (Fsp3) is 0.235. The summed E-state index contributed by atoms with van der Waals surface area (Å²) in [5, 5.41) is 3.86. The van der Waals surface area contributed by atoms with E-state index in [4.69, 9.17) is 23.2 Å². The van der Waals surface area contributed by atoms with Crippen LogP contribution >= 0.6 is 23.2 Å². The normalized spacial score (nSPS) is 13.5. The van der Waals surface area contributed by atoms with Crippen LogP contribution in [0, 0.1) is 0 Å². The maximum Gasteiger partial charge on any atom is 0.282 e. The third kappa shape index (κ3) is 4.47. The first-order valence-electron chi connectivity index (χ1n) is 7.09. The summed E-state index contributed by atoms with van der Waals surface area (Å²) >= 11 is 12.0. The third-order valence-electron chi connectivity index (χ3n) is 3.64. The molecule has 2 aromatic rings. The van der Waals surface area contributed by atoms with Crippen molar-refractivity contribution in [2.24, 2.45) is 0 Å². The van der Waals surface area contributed by atoms with Gasteiger partial charge in [-0.05, 0) is 25.1 Å². The fourth-order valence-electron chi connectivity index (χ4n) is 2.13. The van der Waals surface area contributed by atoms with E-state index < -0.39 is 0 Å². The van der Waals surface area contributed by atoms with Crippen molar-refractivity contribution >= 4 is 34.8 Å². The zero-order chi connectivity index (χ0) is 16.1. The Labute approximate surface area is 140 Å². The van der Waals surface area contributed by atoms with Crippen LogP contribution in [0.2, 0.25) is 10.0 Å². The number of likely N-dealkylation sites (N-methyl/N-ethyl adjacent to an activating group) is 1. The lowest BCUT2D eigenvalue weighted by Gasteiger charge is -2.21. The first kappa shape index (κ1) is 16.8. The quantitative estimate of drug-likeness (QED) is 0.863. The number of hydrogen-bond acceptors (Lipinski definition) is 1. The number of anilines is 1. The first-order valence-corrected chi connectivity index (χ1v) is 7.85. The van der Waals surface area contributed by atoms with Crippen molar-refractivity contribution in [2.75, 3.05) is 12.4 Å². The van der Waals surface area contributed by atoms with E-state index in [9.17, 15) is 4.79 Å². The summed E-state index contributed by atoms with van der Waals surface area (Å²) in [4.78, 5) is 13.5. The molecule has 0 aliphatic carbocycles. The Morgan fingerprint density at radius 2 is 1.86 bits per heavy atom. The monoisotopic (exact) mass is 337 g/mol. The largest absolute Gasteiger partial charge is 0.324 e. The highest BCUT2D eigenvalue weighted by atomic mass is 35.5. The highest BCUT2D eigenvalue weighted by Crippen LogP contribution is 2.25. The van der Waals surface area contributed by atoms with E-state index in [2.05, 4.69) is 17.4 Å². The van der Waals surface area contributed by atoms with Gasteiger partial charge in [-0.1, -0.05) is 53.5 Å². The lowest BCUT2D eigenvalue weighted by atomic mass is 10.2. The Kier molecular flexibility index (Phi) is 5.83. The number of nitrogens with one attached hydrogen (secondary N) is 2. The van der Waals surface area contributed by atoms with Crippen LogP contribution in [-0.4, -0.2) is 19.0 Å². The molecule has 0 radical (unpaired) electrons. The van der Waals surface area contributed by atoms with Crippen LogP contribution in [-0.2, 0) is 11.3 Å². The lowest BCUT2D eigenvalue weighted by Crippen LogP contribution is -3.12. The van der Waals surface area contributed by atoms with Crippen molar-refractivity contribution in [3.63, 3.8) is 0 Å². The molecule has 0 heterocycles. The van der Waals surface area contributed by atoms with Gasteiger partial charge in [0.25, 0.3) is 5.91 Å². The summed E-state index contributed by atoms with van der Waals surface area (Å²) < 4.78 is 0. The fourth-order valence-corrected chi connectivity index (χ4v) is 2.47. The minimum Gasteiger partial charge on any atom is -0.324 e. The van der Waals surface area contributed by atoms with Crippen LogP contribution in [0.1, 0.15) is 12.5 Å². The number of carbonyl (C=O) groups excluding carboxylic acids is 1. The van der Waals surface area contributed by atoms with E-state index in [-0.39, 0.29) is 11.9 Å². The molecule has 0 fully saturated rings. The predicted octanol–water partition coefficient (Wildman–Crippen LogP) is 3.04. The molecular formula is C17H19Cl2N2O+. The van der Waals surface area contributed by atoms with Gasteiger partial charge in [0, 0.05) is 10.6 Å². The van der Waals surface area contributed by atoms with Crippen LogP contribution in [0.4, 0.5) is 5.69 Å². The van der Waals surface area contributed by atoms with Gasteiger partial charge in [0.05, 0.1) is 17.8 Å². The van der Waals surface area contributed by atoms with Crippen molar-refractivity contribution < 1.29 is 9.69 Å². The van der Waals surface area contributed by atoms with Gasteiger partial charge in [-0.25, -0.2) is 0 Å². The summed E-state index contributed by atoms with van der Waals surface area (Å²) in [7, 11) is 2.00. The summed E-state index contributed by atoms with van der Waals surface area (Å²) in [6.45, 7) is 2.67. The van der Waals surface area contributed by atoms with Gasteiger partial charge in [-0.3, -0.25) is 4.79 Å². The van der Waals surface area contributed by atoms with Crippen LogP contribution in [0.25, 0.3) is 0 Å². The molecule has 0 aromatic heterocycles. The SMILES string of the molecule is C[C@H](C(=O)Nc1cc(Cl)ccc1Cl)[NH+](C)Cc1ccccc1. The third-order valence-corrected chi connectivity index (χ3v) is 4.21. The van der Waals surface area contributed by atoms with E-state index in [1.165, 1.54) is 5.56 Å². The Hall–Kier alpha value is -1.55. The molecule has 1 amide bonds. The van der Waals surface area contributed by atoms with Crippen molar-refractivity contribution in [2.45, 2.75) is 19.5 Å². The molecule has 0 spiro atoms. The highest BCUT2D eigenvalue weighted by Gasteiger charge is 2.22. The summed E-state index contributed by atoms with van der Waals surface area (Å²) in [6.07, 6.45) is 0. The van der Waals surface area contributed by atoms with Crippen LogP contribution in [0.3, 0.4) is 0 Å². The lowest BCUT2D eigenvalue weighted by molar-refractivity contribution is -0.907. The molecular weight excluding hydrogens is 319 g/mol. The number of amides is 1. The Morgan fingerprint density at radius 1 is 1.18 bits per heavy atom. The van der Waals surface area contributed by atoms with Gasteiger partial charge in [-0.2, -0.15) is 0 Å². The molecule has 0 bridgehead atoms. The minimum atomic E-state index is -0.213. The number of hydrogen-bond donors (Lipinski definition) is 2. The van der Waals surface area contributed by atoms with Gasteiger partial charge >= 0.3 is 0 Å². The number of benzene rings is 2. The van der Waals surface area contributed by atoms with Crippen LogP contribution in [0.5, 0.6) is 0 Å². The van der Waals surface area contributed by atoms with E-state index in [0.29, 0.717) is 15.7 Å². The van der Waals surface area contributed by atoms with Gasteiger partial charge < -0.3 is 10.2 Å². The second kappa shape index (κ2) is 7.63. The zero-order valence-corrected chi connectivity index (χ0v) is 14.1. The minimum absolute atomic E-state index is 0.0856. The van der Waals surface area contributed by atoms with Crippen LogP contribution in [0.15, 0.2) is 48.5 Å². The summed E-state index contributed by atoms with van der Waals surface area (Å²) in [6, 6.07) is 14.9. The van der Waals surface area contributed by atoms with E-state index in [0.717, 1.165) is 11.4 Å². The maximum absolute atomic E-state index is 12.4. The number of rotatable bonds is 5. The zero-order valence-electron chi connectivity index (χ0n) is 12.6. The molecule has 2 aromatic carbocycles. The maximum atomic E-state index is 12.4. The molecule has 2 N–H and O–H groups in total. The average molecular weight is 338 g/mol. The van der Waals surface area contributed by atoms with Gasteiger partial charge in [0.2, 0.25) is 0 Å². The van der Waals surface area contributed by atoms with E-state index in [1.54, 1.807) is 18.2 Å². The smallest absolute Gasteiger partial charge is 0.282 e. The van der Waals surface area contributed by atoms with Crippen molar-refractivity contribution in [1.29, 1.82) is 0 Å². The molecule has 2 atom stereocenters. The molecule has 0 aliphatic heterocycles. The number of halogens is 2. The topological polar surface area (TPSA) is 33.5 Å². The Balaban J connectivity index is 2.01. The predicted molar refractivity (Wildman–Crippen MR) is 91.6 cm³/mol. The van der Waals surface area contributed by atoms with Crippen molar-refractivity contribution in [3.8, 4) is 0 Å². The molecule has 0 saturated heterocycles. The van der Waals surface area contributed by atoms with E-state index >= 15 is 0 Å².